The fourth-order valence-electron chi connectivity index (χ4n) is 3.38. The van der Waals surface area contributed by atoms with Crippen molar-refractivity contribution in [3.05, 3.63) is 83.3 Å². The predicted octanol–water partition coefficient (Wildman–Crippen LogP) is 6.07. The van der Waals surface area contributed by atoms with Gasteiger partial charge in [0.15, 0.2) is 0 Å². The van der Waals surface area contributed by atoms with Gasteiger partial charge >= 0.3 is 0 Å². The summed E-state index contributed by atoms with van der Waals surface area (Å²) in [5, 5.41) is 2.35. The second-order valence-corrected chi connectivity index (χ2v) is 6.63. The lowest BCUT2D eigenvalue weighted by Gasteiger charge is -2.10. The molecule has 3 heteroatoms. The summed E-state index contributed by atoms with van der Waals surface area (Å²) in [7, 11) is 0. The van der Waals surface area contributed by atoms with E-state index in [1.54, 1.807) is 0 Å². The van der Waals surface area contributed by atoms with E-state index >= 15 is 0 Å². The van der Waals surface area contributed by atoms with E-state index < -0.39 is 0 Å². The molecule has 114 valence electrons. The van der Waals surface area contributed by atoms with E-state index in [9.17, 15) is 0 Å². The molecule has 5 aromatic rings. The average molecular weight is 373 g/mol. The molecule has 0 unspecified atom stereocenters. The minimum atomic E-state index is 0.964. The van der Waals surface area contributed by atoms with Crippen molar-refractivity contribution >= 4 is 43.3 Å². The van der Waals surface area contributed by atoms with Crippen molar-refractivity contribution in [1.82, 2.24) is 9.38 Å². The standard InChI is InChI=1S/C21H13BrN2/c22-19-16-11-5-7-13-18(16)24-20(19)15-10-4-6-12-17(15)23-21(24)14-8-2-1-3-9-14/h1-13H. The van der Waals surface area contributed by atoms with Crippen LogP contribution >= 0.6 is 15.9 Å². The topological polar surface area (TPSA) is 17.3 Å². The number of benzene rings is 3. The molecule has 0 aliphatic carbocycles. The zero-order chi connectivity index (χ0) is 16.1. The number of aromatic nitrogens is 2. The van der Waals surface area contributed by atoms with Crippen molar-refractivity contribution in [1.29, 1.82) is 0 Å². The summed E-state index contributed by atoms with van der Waals surface area (Å²) in [6.07, 6.45) is 0. The second-order valence-electron chi connectivity index (χ2n) is 5.83. The Balaban J connectivity index is 2.10. The molecule has 3 aromatic carbocycles. The molecule has 0 bridgehead atoms. The molecule has 0 aliphatic rings. The average Bonchev–Trinajstić information content (AvgIpc) is 2.96. The van der Waals surface area contributed by atoms with Crippen molar-refractivity contribution in [2.45, 2.75) is 0 Å². The molecule has 0 spiro atoms. The highest BCUT2D eigenvalue weighted by molar-refractivity contribution is 9.10. The number of nitrogens with zero attached hydrogens (tertiary/aromatic N) is 2. The Hall–Kier alpha value is -2.65. The lowest BCUT2D eigenvalue weighted by molar-refractivity contribution is 1.17. The zero-order valence-electron chi connectivity index (χ0n) is 12.8. The minimum Gasteiger partial charge on any atom is -0.292 e. The van der Waals surface area contributed by atoms with Gasteiger partial charge in [-0.15, -0.1) is 0 Å². The number of fused-ring (bicyclic) bond motifs is 5. The van der Waals surface area contributed by atoms with Crippen LogP contribution in [0.1, 0.15) is 0 Å². The maximum absolute atomic E-state index is 4.98. The van der Waals surface area contributed by atoms with Crippen LogP contribution in [0.25, 0.3) is 38.7 Å². The van der Waals surface area contributed by atoms with E-state index in [0.29, 0.717) is 0 Å². The van der Waals surface area contributed by atoms with Gasteiger partial charge in [-0.05, 0) is 28.1 Å². The van der Waals surface area contributed by atoms with Gasteiger partial charge in [-0.3, -0.25) is 4.40 Å². The molecular weight excluding hydrogens is 360 g/mol. The first-order chi connectivity index (χ1) is 11.8. The van der Waals surface area contributed by atoms with E-state index in [4.69, 9.17) is 4.98 Å². The molecule has 0 fully saturated rings. The van der Waals surface area contributed by atoms with E-state index in [1.807, 2.05) is 12.1 Å². The largest absolute Gasteiger partial charge is 0.292 e. The monoisotopic (exact) mass is 372 g/mol. The summed E-state index contributed by atoms with van der Waals surface area (Å²) >= 11 is 3.83. The Bertz CT molecular complexity index is 1210. The first kappa shape index (κ1) is 13.8. The van der Waals surface area contributed by atoms with Gasteiger partial charge in [0.2, 0.25) is 0 Å². The number of hydrogen-bond acceptors (Lipinski definition) is 1. The van der Waals surface area contributed by atoms with Crippen molar-refractivity contribution in [2.24, 2.45) is 0 Å². The van der Waals surface area contributed by atoms with Gasteiger partial charge in [0.05, 0.1) is 21.0 Å². The molecule has 0 radical (unpaired) electrons. The molecule has 0 N–H and O–H groups in total. The highest BCUT2D eigenvalue weighted by atomic mass is 79.9. The van der Waals surface area contributed by atoms with E-state index in [1.165, 1.54) is 10.9 Å². The van der Waals surface area contributed by atoms with Crippen LogP contribution < -0.4 is 0 Å². The quantitative estimate of drug-likeness (QED) is 0.349. The van der Waals surface area contributed by atoms with Crippen LogP contribution in [0.15, 0.2) is 83.3 Å². The molecule has 0 saturated heterocycles. The Morgan fingerprint density at radius 2 is 1.38 bits per heavy atom. The summed E-state index contributed by atoms with van der Waals surface area (Å²) in [6, 6.07) is 27.1. The maximum atomic E-state index is 4.98. The van der Waals surface area contributed by atoms with Gasteiger partial charge in [0.25, 0.3) is 0 Å². The van der Waals surface area contributed by atoms with Gasteiger partial charge in [-0.1, -0.05) is 66.7 Å². The van der Waals surface area contributed by atoms with Gasteiger partial charge < -0.3 is 0 Å². The molecule has 2 heterocycles. The SMILES string of the molecule is Brc1c2ccccc2n2c(-c3ccccc3)nc3ccccc3c12. The third kappa shape index (κ3) is 1.85. The highest BCUT2D eigenvalue weighted by Crippen LogP contribution is 2.38. The lowest BCUT2D eigenvalue weighted by Crippen LogP contribution is -1.97. The van der Waals surface area contributed by atoms with Crippen LogP contribution in [0.2, 0.25) is 0 Å². The van der Waals surface area contributed by atoms with Crippen molar-refractivity contribution < 1.29 is 0 Å². The molecule has 0 saturated carbocycles. The Labute approximate surface area is 147 Å². The number of hydrogen-bond donors (Lipinski definition) is 0. The third-order valence-electron chi connectivity index (χ3n) is 4.44. The molecule has 0 aliphatic heterocycles. The first-order valence-corrected chi connectivity index (χ1v) is 8.67. The summed E-state index contributed by atoms with van der Waals surface area (Å²) in [5.74, 6) is 0.964. The minimum absolute atomic E-state index is 0.964. The first-order valence-electron chi connectivity index (χ1n) is 7.87. The fraction of sp³-hybridized carbons (Fsp3) is 0. The van der Waals surface area contributed by atoms with Crippen molar-refractivity contribution in [3.63, 3.8) is 0 Å². The number of para-hydroxylation sites is 2. The number of rotatable bonds is 1. The molecule has 24 heavy (non-hydrogen) atoms. The van der Waals surface area contributed by atoms with Crippen LogP contribution in [0, 0.1) is 0 Å². The second kappa shape index (κ2) is 5.18. The van der Waals surface area contributed by atoms with Crippen LogP contribution in [-0.2, 0) is 0 Å². The molecule has 2 nitrogen and oxygen atoms in total. The van der Waals surface area contributed by atoms with Gasteiger partial charge in [0.1, 0.15) is 5.82 Å². The summed E-state index contributed by atoms with van der Waals surface area (Å²) in [5.41, 5.74) is 4.45. The lowest BCUT2D eigenvalue weighted by atomic mass is 10.1. The van der Waals surface area contributed by atoms with Crippen LogP contribution in [0.4, 0.5) is 0 Å². The predicted molar refractivity (Wildman–Crippen MR) is 103 cm³/mol. The van der Waals surface area contributed by atoms with Gasteiger partial charge in [-0.25, -0.2) is 4.98 Å². The third-order valence-corrected chi connectivity index (χ3v) is 5.24. The smallest absolute Gasteiger partial charge is 0.145 e. The maximum Gasteiger partial charge on any atom is 0.145 e. The Morgan fingerprint density at radius 3 is 2.21 bits per heavy atom. The fourth-order valence-corrected chi connectivity index (χ4v) is 4.10. The summed E-state index contributed by atoms with van der Waals surface area (Å²) < 4.78 is 3.38. The normalized spacial score (nSPS) is 11.5. The van der Waals surface area contributed by atoms with Crippen LogP contribution in [0.3, 0.4) is 0 Å². The Kier molecular flexibility index (Phi) is 2.97. The molecule has 0 atom stereocenters. The Morgan fingerprint density at radius 1 is 0.708 bits per heavy atom. The molecule has 2 aromatic heterocycles. The highest BCUT2D eigenvalue weighted by Gasteiger charge is 2.17. The van der Waals surface area contributed by atoms with E-state index in [-0.39, 0.29) is 0 Å². The summed E-state index contributed by atoms with van der Waals surface area (Å²) in [4.78, 5) is 4.98. The van der Waals surface area contributed by atoms with Crippen molar-refractivity contribution in [3.8, 4) is 11.4 Å². The molecule has 0 amide bonds. The van der Waals surface area contributed by atoms with Crippen LogP contribution in [-0.4, -0.2) is 9.38 Å². The van der Waals surface area contributed by atoms with Gasteiger partial charge in [0, 0.05) is 16.3 Å². The molecular formula is C21H13BrN2. The van der Waals surface area contributed by atoms with E-state index in [0.717, 1.165) is 32.3 Å². The summed E-state index contributed by atoms with van der Waals surface area (Å²) in [6.45, 7) is 0. The molecule has 5 rings (SSSR count). The van der Waals surface area contributed by atoms with E-state index in [2.05, 4.69) is 87.1 Å². The zero-order valence-corrected chi connectivity index (χ0v) is 14.4. The number of halogens is 1. The van der Waals surface area contributed by atoms with Gasteiger partial charge in [-0.2, -0.15) is 0 Å². The van der Waals surface area contributed by atoms with Crippen molar-refractivity contribution in [2.75, 3.05) is 0 Å². The van der Waals surface area contributed by atoms with Crippen LogP contribution in [0.5, 0.6) is 0 Å².